The third-order valence-electron chi connectivity index (χ3n) is 8.75. The van der Waals surface area contributed by atoms with Crippen molar-refractivity contribution < 1.29 is 4.79 Å². The van der Waals surface area contributed by atoms with E-state index in [1.54, 1.807) is 6.33 Å². The molecule has 2 aromatic carbocycles. The summed E-state index contributed by atoms with van der Waals surface area (Å²) in [7, 11) is 2.08. The van der Waals surface area contributed by atoms with Crippen molar-refractivity contribution >= 4 is 28.0 Å². The summed E-state index contributed by atoms with van der Waals surface area (Å²) in [6.07, 6.45) is 3.49. The number of nitrogens with zero attached hydrogens (tertiary/aromatic N) is 4. The molecule has 0 spiro atoms. The van der Waals surface area contributed by atoms with Crippen LogP contribution in [-0.4, -0.2) is 42.9 Å². The van der Waals surface area contributed by atoms with Gasteiger partial charge in [-0.05, 0) is 66.6 Å². The molecule has 4 aromatic rings. The first-order valence-corrected chi connectivity index (χ1v) is 11.4. The maximum Gasteiger partial charge on any atom is 0.254 e. The number of nitrogens with one attached hydrogen (secondary N) is 1. The topological polar surface area (TPSA) is 66.8 Å². The molecule has 0 unspecified atom stereocenters. The van der Waals surface area contributed by atoms with E-state index in [2.05, 4.69) is 66.3 Å². The summed E-state index contributed by atoms with van der Waals surface area (Å²) in [4.78, 5) is 28.1. The highest BCUT2D eigenvalue weighted by atomic mass is 16.2. The SMILES string of the molecule is Cc1nc2cc3c(cc2n1C)C[C@H]1N(C(=O)c2ccc4nc[nH]c4c2)CC[C@]3(C)C1(C)C. The van der Waals surface area contributed by atoms with Crippen molar-refractivity contribution in [2.24, 2.45) is 12.5 Å². The lowest BCUT2D eigenvalue weighted by Crippen LogP contribution is -2.64. The lowest BCUT2D eigenvalue weighted by atomic mass is 9.51. The zero-order valence-electron chi connectivity index (χ0n) is 19.4. The van der Waals surface area contributed by atoms with E-state index in [4.69, 9.17) is 4.98 Å². The molecule has 1 fully saturated rings. The third kappa shape index (κ3) is 2.38. The van der Waals surface area contributed by atoms with Crippen LogP contribution in [0.2, 0.25) is 0 Å². The van der Waals surface area contributed by atoms with Crippen LogP contribution in [0.4, 0.5) is 0 Å². The number of amides is 1. The Balaban J connectivity index is 1.46. The minimum absolute atomic E-state index is 0.00498. The van der Waals surface area contributed by atoms with E-state index in [1.807, 2.05) is 18.2 Å². The highest BCUT2D eigenvalue weighted by Gasteiger charge is 2.57. The second-order valence-corrected chi connectivity index (χ2v) is 10.4. The fraction of sp³-hybridized carbons (Fsp3) is 0.423. The molecule has 1 N–H and O–H groups in total. The Hall–Kier alpha value is -3.15. The lowest BCUT2D eigenvalue weighted by Gasteiger charge is -2.60. The maximum atomic E-state index is 13.7. The van der Waals surface area contributed by atoms with Crippen LogP contribution in [-0.2, 0) is 18.9 Å². The standard InChI is InChI=1S/C26H29N5O/c1-15-29-21-13-18-17(11-22(21)30(15)5)12-23-25(2,3)26(18,4)8-9-31(23)24(32)16-6-7-19-20(10-16)28-14-27-19/h6-7,10-11,13-14,23H,8-9,12H2,1-5H3,(H,27,28)/t23-,26+/m1/s1. The van der Waals surface area contributed by atoms with Gasteiger partial charge in [-0.3, -0.25) is 4.79 Å². The molecule has 0 saturated carbocycles. The van der Waals surface area contributed by atoms with Crippen molar-refractivity contribution in [3.8, 4) is 0 Å². The quantitative estimate of drug-likeness (QED) is 0.486. The average Bonchev–Trinajstić information content (AvgIpc) is 3.33. The van der Waals surface area contributed by atoms with Crippen LogP contribution >= 0.6 is 0 Å². The summed E-state index contributed by atoms with van der Waals surface area (Å²) in [5.74, 6) is 1.14. The number of aryl methyl sites for hydroxylation is 2. The molecule has 6 rings (SSSR count). The predicted octanol–water partition coefficient (Wildman–Crippen LogP) is 4.51. The fourth-order valence-corrected chi connectivity index (χ4v) is 6.20. The lowest BCUT2D eigenvalue weighted by molar-refractivity contribution is -0.0261. The molecular formula is C26H29N5O. The van der Waals surface area contributed by atoms with Crippen molar-refractivity contribution in [2.45, 2.75) is 52.0 Å². The van der Waals surface area contributed by atoms with Crippen LogP contribution in [0.25, 0.3) is 22.1 Å². The number of H-pyrrole nitrogens is 1. The van der Waals surface area contributed by atoms with Gasteiger partial charge in [0.2, 0.25) is 0 Å². The van der Waals surface area contributed by atoms with Crippen LogP contribution in [0, 0.1) is 12.3 Å². The van der Waals surface area contributed by atoms with E-state index in [9.17, 15) is 4.79 Å². The monoisotopic (exact) mass is 427 g/mol. The zero-order valence-corrected chi connectivity index (χ0v) is 19.4. The van der Waals surface area contributed by atoms with Crippen LogP contribution in [0.1, 0.15) is 54.5 Å². The van der Waals surface area contributed by atoms with E-state index < -0.39 is 0 Å². The Morgan fingerprint density at radius 1 is 1.16 bits per heavy atom. The predicted molar refractivity (Wildman–Crippen MR) is 126 cm³/mol. The second kappa shape index (κ2) is 6.21. The Morgan fingerprint density at radius 3 is 2.78 bits per heavy atom. The first-order valence-electron chi connectivity index (χ1n) is 11.4. The van der Waals surface area contributed by atoms with Gasteiger partial charge < -0.3 is 14.5 Å². The van der Waals surface area contributed by atoms with Gasteiger partial charge in [-0.2, -0.15) is 0 Å². The van der Waals surface area contributed by atoms with Crippen molar-refractivity contribution in [3.63, 3.8) is 0 Å². The molecule has 6 nitrogen and oxygen atoms in total. The van der Waals surface area contributed by atoms with Gasteiger partial charge in [0.25, 0.3) is 5.91 Å². The van der Waals surface area contributed by atoms with Crippen LogP contribution in [0.3, 0.4) is 0 Å². The van der Waals surface area contributed by atoms with Gasteiger partial charge in [-0.1, -0.05) is 20.8 Å². The minimum Gasteiger partial charge on any atom is -0.345 e. The van der Waals surface area contributed by atoms with Gasteiger partial charge in [0, 0.05) is 30.6 Å². The molecule has 1 aliphatic heterocycles. The molecule has 1 amide bonds. The molecule has 2 aliphatic rings. The molecule has 3 heterocycles. The highest BCUT2D eigenvalue weighted by molar-refractivity contribution is 5.97. The summed E-state index contributed by atoms with van der Waals surface area (Å²) in [5.41, 5.74) is 7.47. The zero-order chi connectivity index (χ0) is 22.4. The third-order valence-corrected chi connectivity index (χ3v) is 8.75. The molecule has 0 radical (unpaired) electrons. The second-order valence-electron chi connectivity index (χ2n) is 10.4. The molecule has 1 saturated heterocycles. The highest BCUT2D eigenvalue weighted by Crippen LogP contribution is 2.56. The van der Waals surface area contributed by atoms with Gasteiger partial charge in [0.1, 0.15) is 5.82 Å². The Morgan fingerprint density at radius 2 is 1.97 bits per heavy atom. The molecule has 2 atom stereocenters. The fourth-order valence-electron chi connectivity index (χ4n) is 6.20. The largest absolute Gasteiger partial charge is 0.345 e. The summed E-state index contributed by atoms with van der Waals surface area (Å²) < 4.78 is 2.16. The normalized spacial score (nSPS) is 24.2. The number of hydrogen-bond acceptors (Lipinski definition) is 3. The summed E-state index contributed by atoms with van der Waals surface area (Å²) in [6, 6.07) is 10.5. The molecule has 32 heavy (non-hydrogen) atoms. The number of carbonyl (C=O) groups is 1. The van der Waals surface area contributed by atoms with Gasteiger partial charge in [0.15, 0.2) is 0 Å². The number of benzene rings is 2. The first-order chi connectivity index (χ1) is 15.2. The van der Waals surface area contributed by atoms with E-state index in [-0.39, 0.29) is 22.8 Å². The number of piperidine rings is 1. The molecular weight excluding hydrogens is 398 g/mol. The summed E-state index contributed by atoms with van der Waals surface area (Å²) in [6.45, 7) is 9.89. The minimum atomic E-state index is -0.0521. The van der Waals surface area contributed by atoms with Crippen LogP contribution in [0.5, 0.6) is 0 Å². The van der Waals surface area contributed by atoms with Crippen molar-refractivity contribution in [1.29, 1.82) is 0 Å². The number of fused-ring (bicyclic) bond motifs is 6. The number of aromatic nitrogens is 4. The van der Waals surface area contributed by atoms with E-state index in [0.717, 1.165) is 47.3 Å². The number of likely N-dealkylation sites (tertiary alicyclic amines) is 1. The van der Waals surface area contributed by atoms with Crippen LogP contribution < -0.4 is 0 Å². The summed E-state index contributed by atoms with van der Waals surface area (Å²) in [5, 5.41) is 0. The number of carbonyl (C=O) groups excluding carboxylic acids is 1. The van der Waals surface area contributed by atoms with Gasteiger partial charge >= 0.3 is 0 Å². The molecule has 164 valence electrons. The molecule has 2 aromatic heterocycles. The number of aromatic amines is 1. The first kappa shape index (κ1) is 19.5. The van der Waals surface area contributed by atoms with Crippen LogP contribution in [0.15, 0.2) is 36.7 Å². The van der Waals surface area contributed by atoms with E-state index in [1.165, 1.54) is 16.6 Å². The Bertz CT molecular complexity index is 1410. The molecule has 2 bridgehead atoms. The smallest absolute Gasteiger partial charge is 0.254 e. The summed E-state index contributed by atoms with van der Waals surface area (Å²) >= 11 is 0. The van der Waals surface area contributed by atoms with Gasteiger partial charge in [-0.15, -0.1) is 0 Å². The van der Waals surface area contributed by atoms with Crippen molar-refractivity contribution in [2.75, 3.05) is 6.54 Å². The van der Waals surface area contributed by atoms with Gasteiger partial charge in [-0.25, -0.2) is 9.97 Å². The maximum absolute atomic E-state index is 13.7. The van der Waals surface area contributed by atoms with Crippen molar-refractivity contribution in [3.05, 3.63) is 59.2 Å². The van der Waals surface area contributed by atoms with Gasteiger partial charge in [0.05, 0.1) is 28.4 Å². The molecule has 1 aliphatic carbocycles. The number of hydrogen-bond donors (Lipinski definition) is 1. The number of imidazole rings is 2. The Labute approximate surface area is 187 Å². The Kier molecular flexibility index (Phi) is 3.79. The molecule has 6 heteroatoms. The van der Waals surface area contributed by atoms with E-state index >= 15 is 0 Å². The van der Waals surface area contributed by atoms with Crippen molar-refractivity contribution in [1.82, 2.24) is 24.4 Å². The number of rotatable bonds is 1. The average molecular weight is 428 g/mol. The van der Waals surface area contributed by atoms with E-state index in [0.29, 0.717) is 0 Å².